The molecule has 0 saturated heterocycles. The maximum absolute atomic E-state index is 11.2. The van der Waals surface area contributed by atoms with E-state index in [1.165, 1.54) is 24.7 Å². The SMILES string of the molecule is O=C(/C=C/c1ccco1)OOC(=O)/C=C/c1ccco1. The molecule has 0 aliphatic heterocycles. The first-order valence-electron chi connectivity index (χ1n) is 5.59. The summed E-state index contributed by atoms with van der Waals surface area (Å²) in [5, 5.41) is 0. The van der Waals surface area contributed by atoms with Crippen molar-refractivity contribution < 1.29 is 28.2 Å². The third kappa shape index (κ3) is 4.34. The van der Waals surface area contributed by atoms with Crippen LogP contribution in [0.25, 0.3) is 12.2 Å². The smallest absolute Gasteiger partial charge is 0.379 e. The summed E-state index contributed by atoms with van der Waals surface area (Å²) in [5.74, 6) is -0.709. The van der Waals surface area contributed by atoms with E-state index in [0.717, 1.165) is 12.2 Å². The summed E-state index contributed by atoms with van der Waals surface area (Å²) >= 11 is 0. The molecule has 20 heavy (non-hydrogen) atoms. The predicted molar refractivity (Wildman–Crippen MR) is 67.7 cm³/mol. The Bertz CT molecular complexity index is 548. The quantitative estimate of drug-likeness (QED) is 0.484. The van der Waals surface area contributed by atoms with Crippen molar-refractivity contribution in [3.8, 4) is 0 Å². The van der Waals surface area contributed by atoms with Gasteiger partial charge in [-0.3, -0.25) is 0 Å². The van der Waals surface area contributed by atoms with Crippen LogP contribution in [0.3, 0.4) is 0 Å². The molecule has 0 spiro atoms. The van der Waals surface area contributed by atoms with Crippen LogP contribution in [0.1, 0.15) is 11.5 Å². The van der Waals surface area contributed by atoms with Gasteiger partial charge in [-0.1, -0.05) is 0 Å². The Balaban J connectivity index is 1.74. The number of furan rings is 2. The highest BCUT2D eigenvalue weighted by molar-refractivity contribution is 5.89. The summed E-state index contributed by atoms with van der Waals surface area (Å²) < 4.78 is 9.93. The van der Waals surface area contributed by atoms with Crippen LogP contribution in [0, 0.1) is 0 Å². The minimum absolute atomic E-state index is 0.478. The van der Waals surface area contributed by atoms with Gasteiger partial charge >= 0.3 is 11.9 Å². The van der Waals surface area contributed by atoms with Crippen molar-refractivity contribution >= 4 is 24.1 Å². The second kappa shape index (κ2) is 6.79. The van der Waals surface area contributed by atoms with Crippen LogP contribution in [0.2, 0.25) is 0 Å². The van der Waals surface area contributed by atoms with Gasteiger partial charge in [0.15, 0.2) is 0 Å². The fourth-order valence-corrected chi connectivity index (χ4v) is 1.21. The summed E-state index contributed by atoms with van der Waals surface area (Å²) in [6.45, 7) is 0. The van der Waals surface area contributed by atoms with Crippen molar-refractivity contribution in [2.24, 2.45) is 0 Å². The molecule has 0 aliphatic rings. The highest BCUT2D eigenvalue weighted by atomic mass is 17.2. The second-order valence-electron chi connectivity index (χ2n) is 3.50. The molecular weight excluding hydrogens is 264 g/mol. The Morgan fingerprint density at radius 1 is 0.850 bits per heavy atom. The largest absolute Gasteiger partial charge is 0.465 e. The highest BCUT2D eigenvalue weighted by Gasteiger charge is 2.04. The van der Waals surface area contributed by atoms with Gasteiger partial charge in [0.05, 0.1) is 12.5 Å². The average molecular weight is 274 g/mol. The van der Waals surface area contributed by atoms with E-state index in [2.05, 4.69) is 9.78 Å². The molecule has 0 saturated carbocycles. The van der Waals surface area contributed by atoms with Crippen LogP contribution in [-0.4, -0.2) is 11.9 Å². The Morgan fingerprint density at radius 2 is 1.30 bits per heavy atom. The Morgan fingerprint density at radius 3 is 1.65 bits per heavy atom. The molecule has 0 radical (unpaired) electrons. The average Bonchev–Trinajstić information content (AvgIpc) is 3.13. The molecule has 0 bridgehead atoms. The van der Waals surface area contributed by atoms with E-state index in [4.69, 9.17) is 8.83 Å². The Kier molecular flexibility index (Phi) is 4.55. The molecule has 0 amide bonds. The van der Waals surface area contributed by atoms with Crippen molar-refractivity contribution in [3.05, 3.63) is 60.5 Å². The molecule has 6 nitrogen and oxygen atoms in total. The predicted octanol–water partition coefficient (Wildman–Crippen LogP) is 2.60. The monoisotopic (exact) mass is 274 g/mol. The third-order valence-corrected chi connectivity index (χ3v) is 2.06. The van der Waals surface area contributed by atoms with Gasteiger partial charge in [0.2, 0.25) is 0 Å². The molecule has 0 atom stereocenters. The number of carbonyl (C=O) groups excluding carboxylic acids is 2. The van der Waals surface area contributed by atoms with E-state index in [9.17, 15) is 9.59 Å². The van der Waals surface area contributed by atoms with Gasteiger partial charge in [-0.05, 0) is 36.4 Å². The zero-order valence-corrected chi connectivity index (χ0v) is 10.2. The molecule has 0 N–H and O–H groups in total. The van der Waals surface area contributed by atoms with Crippen LogP contribution in [-0.2, 0) is 19.4 Å². The number of hydrogen-bond acceptors (Lipinski definition) is 6. The minimum Gasteiger partial charge on any atom is -0.465 e. The number of carbonyl (C=O) groups is 2. The molecule has 0 aromatic carbocycles. The Labute approximate surface area is 113 Å². The first kappa shape index (κ1) is 13.4. The third-order valence-electron chi connectivity index (χ3n) is 2.06. The maximum Gasteiger partial charge on any atom is 0.379 e. The van der Waals surface area contributed by atoms with Gasteiger partial charge in [-0.25, -0.2) is 19.4 Å². The first-order chi connectivity index (χ1) is 9.74. The topological polar surface area (TPSA) is 78.9 Å². The second-order valence-corrected chi connectivity index (χ2v) is 3.50. The molecule has 2 aromatic heterocycles. The molecule has 0 fully saturated rings. The van der Waals surface area contributed by atoms with E-state index in [0.29, 0.717) is 11.5 Å². The van der Waals surface area contributed by atoms with E-state index >= 15 is 0 Å². The van der Waals surface area contributed by atoms with Gasteiger partial charge in [0.1, 0.15) is 11.5 Å². The molecule has 102 valence electrons. The van der Waals surface area contributed by atoms with Crippen molar-refractivity contribution in [1.29, 1.82) is 0 Å². The van der Waals surface area contributed by atoms with Gasteiger partial charge in [-0.15, -0.1) is 0 Å². The summed E-state index contributed by atoms with van der Waals surface area (Å²) in [6.07, 6.45) is 7.84. The normalized spacial score (nSPS) is 11.0. The highest BCUT2D eigenvalue weighted by Crippen LogP contribution is 2.03. The van der Waals surface area contributed by atoms with Gasteiger partial charge < -0.3 is 8.83 Å². The lowest BCUT2D eigenvalue weighted by molar-refractivity contribution is -0.250. The fraction of sp³-hybridized carbons (Fsp3) is 0. The summed E-state index contributed by atoms with van der Waals surface area (Å²) in [7, 11) is 0. The standard InChI is InChI=1S/C14H10O6/c15-13(7-5-11-3-1-9-17-11)19-20-14(16)8-6-12-4-2-10-18-12/h1-10H/b7-5+,8-6+. The Hall–Kier alpha value is -3.02. The summed E-state index contributed by atoms with van der Waals surface area (Å²) in [6, 6.07) is 6.65. The molecule has 0 aliphatic carbocycles. The van der Waals surface area contributed by atoms with Crippen molar-refractivity contribution in [1.82, 2.24) is 0 Å². The van der Waals surface area contributed by atoms with Crippen molar-refractivity contribution in [2.45, 2.75) is 0 Å². The molecule has 0 unspecified atom stereocenters. The van der Waals surface area contributed by atoms with Gasteiger partial charge in [0, 0.05) is 12.2 Å². The zero-order valence-electron chi connectivity index (χ0n) is 10.2. The van der Waals surface area contributed by atoms with Crippen LogP contribution < -0.4 is 0 Å². The van der Waals surface area contributed by atoms with Crippen molar-refractivity contribution in [2.75, 3.05) is 0 Å². The molecule has 2 aromatic rings. The number of rotatable bonds is 4. The van der Waals surface area contributed by atoms with Crippen LogP contribution in [0.4, 0.5) is 0 Å². The maximum atomic E-state index is 11.2. The van der Waals surface area contributed by atoms with E-state index < -0.39 is 11.9 Å². The van der Waals surface area contributed by atoms with Crippen LogP contribution in [0.15, 0.2) is 57.8 Å². The molecule has 2 rings (SSSR count). The fourth-order valence-electron chi connectivity index (χ4n) is 1.21. The van der Waals surface area contributed by atoms with Crippen LogP contribution >= 0.6 is 0 Å². The van der Waals surface area contributed by atoms with E-state index in [-0.39, 0.29) is 0 Å². The van der Waals surface area contributed by atoms with Gasteiger partial charge in [0.25, 0.3) is 0 Å². The van der Waals surface area contributed by atoms with Gasteiger partial charge in [-0.2, -0.15) is 0 Å². The molecule has 6 heteroatoms. The zero-order chi connectivity index (χ0) is 14.2. The summed E-state index contributed by atoms with van der Waals surface area (Å²) in [4.78, 5) is 31.0. The molecular formula is C14H10O6. The van der Waals surface area contributed by atoms with Crippen molar-refractivity contribution in [3.63, 3.8) is 0 Å². The first-order valence-corrected chi connectivity index (χ1v) is 5.59. The number of hydrogen-bond donors (Lipinski definition) is 0. The van der Waals surface area contributed by atoms with Crippen LogP contribution in [0.5, 0.6) is 0 Å². The van der Waals surface area contributed by atoms with E-state index in [1.807, 2.05) is 0 Å². The lowest BCUT2D eigenvalue weighted by atomic mass is 10.4. The van der Waals surface area contributed by atoms with E-state index in [1.54, 1.807) is 24.3 Å². The lowest BCUT2D eigenvalue weighted by Crippen LogP contribution is -2.06. The summed E-state index contributed by atoms with van der Waals surface area (Å²) in [5.41, 5.74) is 0. The lowest BCUT2D eigenvalue weighted by Gasteiger charge is -1.96. The minimum atomic E-state index is -0.832. The molecule has 2 heterocycles.